The monoisotopic (exact) mass is 764 g/mol. The van der Waals surface area contributed by atoms with Gasteiger partial charge in [-0.2, -0.15) is 36.9 Å². The highest BCUT2D eigenvalue weighted by Crippen LogP contribution is 2.34. The number of sulfone groups is 1. The second kappa shape index (κ2) is 14.0. The SMILES string of the molecule is Cc1nn(-c2ccccc2)c(N)c1N=Nc1cc(Nc2nc(Cl)nc(Nc3ccc(S(=O)(=O)C(C)OS(=O)(=O)O)cc3)n2)ccc1S(=O)(=O)O. The molecule has 5 rings (SSSR count). The molecule has 0 aliphatic rings. The van der Waals surface area contributed by atoms with Crippen molar-refractivity contribution in [1.29, 1.82) is 0 Å². The standard InChI is InChI=1S/C27H25ClN10O9S3/c1-15-23(24(29)38(37-15)19-6-4-3-5-7-19)36-35-21-14-18(10-13-22(21)49(41,42)43)31-27-33-25(28)32-26(34-27)30-17-8-11-20(12-9-17)48(39,40)16(2)47-50(44,45)46/h3-14,16H,29H2,1-2H3,(H,41,42,43)(H,44,45,46)(H2,30,31,32,33,34). The van der Waals surface area contributed by atoms with Gasteiger partial charge in [0.25, 0.3) is 10.1 Å². The van der Waals surface area contributed by atoms with Crippen molar-refractivity contribution in [2.24, 2.45) is 10.2 Å². The van der Waals surface area contributed by atoms with Crippen LogP contribution in [0.4, 0.5) is 40.5 Å². The Hall–Kier alpha value is -5.10. The number of hydrogen-bond donors (Lipinski definition) is 5. The molecule has 1 atom stereocenters. The summed E-state index contributed by atoms with van der Waals surface area (Å²) < 4.78 is 95.6. The maximum Gasteiger partial charge on any atom is 0.398 e. The quantitative estimate of drug-likeness (QED) is 0.0850. The number of nitrogens with zero attached hydrogens (tertiary/aromatic N) is 7. The lowest BCUT2D eigenvalue weighted by molar-refractivity contribution is 0.251. The average Bonchev–Trinajstić information content (AvgIpc) is 3.31. The zero-order valence-corrected chi connectivity index (χ0v) is 28.8. The number of para-hydroxylation sites is 1. The minimum absolute atomic E-state index is 0.0953. The molecule has 2 aromatic heterocycles. The van der Waals surface area contributed by atoms with Gasteiger partial charge in [-0.25, -0.2) is 17.3 Å². The van der Waals surface area contributed by atoms with E-state index in [9.17, 15) is 29.8 Å². The summed E-state index contributed by atoms with van der Waals surface area (Å²) in [6, 6.07) is 17.5. The van der Waals surface area contributed by atoms with E-state index >= 15 is 0 Å². The van der Waals surface area contributed by atoms with Gasteiger partial charge in [-0.15, -0.1) is 10.2 Å². The summed E-state index contributed by atoms with van der Waals surface area (Å²) in [5.41, 5.74) is 5.79. The van der Waals surface area contributed by atoms with E-state index in [1.165, 1.54) is 28.9 Å². The molecule has 0 radical (unpaired) electrons. The first kappa shape index (κ1) is 36.2. The van der Waals surface area contributed by atoms with Gasteiger partial charge in [0.05, 0.1) is 16.3 Å². The predicted molar refractivity (Wildman–Crippen MR) is 180 cm³/mol. The minimum atomic E-state index is -5.02. The third kappa shape index (κ3) is 8.54. The lowest BCUT2D eigenvalue weighted by atomic mass is 10.3. The van der Waals surface area contributed by atoms with Crippen LogP contribution >= 0.6 is 11.6 Å². The van der Waals surface area contributed by atoms with E-state index in [2.05, 4.69) is 45.1 Å². The zero-order valence-electron chi connectivity index (χ0n) is 25.6. The number of aryl methyl sites for hydroxylation is 1. The number of halogens is 1. The van der Waals surface area contributed by atoms with Gasteiger partial charge in [-0.05, 0) is 80.0 Å². The van der Waals surface area contributed by atoms with Crippen LogP contribution in [0.15, 0.2) is 92.8 Å². The topological polar surface area (TPSA) is 283 Å². The van der Waals surface area contributed by atoms with Crippen molar-refractivity contribution in [2.45, 2.75) is 29.1 Å². The van der Waals surface area contributed by atoms with Crippen LogP contribution < -0.4 is 16.4 Å². The van der Waals surface area contributed by atoms with Crippen LogP contribution in [-0.4, -0.2) is 64.5 Å². The highest BCUT2D eigenvalue weighted by atomic mass is 35.5. The minimum Gasteiger partial charge on any atom is -0.382 e. The van der Waals surface area contributed by atoms with E-state index in [1.54, 1.807) is 31.2 Å². The van der Waals surface area contributed by atoms with Gasteiger partial charge in [0.2, 0.25) is 27.0 Å². The van der Waals surface area contributed by atoms with Gasteiger partial charge in [0.1, 0.15) is 10.6 Å². The number of nitrogens with two attached hydrogens (primary N) is 1. The average molecular weight is 765 g/mol. The van der Waals surface area contributed by atoms with Crippen molar-refractivity contribution in [1.82, 2.24) is 24.7 Å². The Morgan fingerprint density at radius 3 is 2.06 bits per heavy atom. The molecule has 23 heteroatoms. The lowest BCUT2D eigenvalue weighted by Crippen LogP contribution is -2.24. The molecule has 3 aromatic carbocycles. The molecule has 0 bridgehead atoms. The summed E-state index contributed by atoms with van der Waals surface area (Å²) in [5, 5.41) is 17.9. The highest BCUT2D eigenvalue weighted by molar-refractivity contribution is 7.92. The molecule has 0 aliphatic carbocycles. The fraction of sp³-hybridized carbons (Fsp3) is 0.111. The third-order valence-corrected chi connectivity index (χ3v) is 10.2. The number of aromatic nitrogens is 5. The maximum atomic E-state index is 12.6. The molecule has 0 fully saturated rings. The molecular formula is C27H25ClN10O9S3. The Morgan fingerprint density at radius 1 is 0.860 bits per heavy atom. The fourth-order valence-electron chi connectivity index (χ4n) is 4.28. The second-order valence-corrected chi connectivity index (χ2v) is 15.1. The van der Waals surface area contributed by atoms with Crippen LogP contribution in [0.25, 0.3) is 5.69 Å². The smallest absolute Gasteiger partial charge is 0.382 e. The molecule has 50 heavy (non-hydrogen) atoms. The molecular weight excluding hydrogens is 740 g/mol. The first-order valence-electron chi connectivity index (χ1n) is 13.8. The summed E-state index contributed by atoms with van der Waals surface area (Å²) in [4.78, 5) is 11.3. The first-order chi connectivity index (χ1) is 23.4. The van der Waals surface area contributed by atoms with Gasteiger partial charge in [-0.3, -0.25) is 9.11 Å². The van der Waals surface area contributed by atoms with Gasteiger partial charge >= 0.3 is 10.4 Å². The van der Waals surface area contributed by atoms with Crippen LogP contribution in [0.5, 0.6) is 0 Å². The molecule has 0 saturated carbocycles. The number of nitrogens with one attached hydrogen (secondary N) is 2. The van der Waals surface area contributed by atoms with Crippen molar-refractivity contribution in [3.63, 3.8) is 0 Å². The Bertz CT molecular complexity index is 2430. The van der Waals surface area contributed by atoms with E-state index in [1.807, 2.05) is 6.07 Å². The molecule has 6 N–H and O–H groups in total. The highest BCUT2D eigenvalue weighted by Gasteiger charge is 2.28. The van der Waals surface area contributed by atoms with E-state index < -0.39 is 40.7 Å². The van der Waals surface area contributed by atoms with E-state index in [0.29, 0.717) is 11.4 Å². The lowest BCUT2D eigenvalue weighted by Gasteiger charge is -2.12. The number of rotatable bonds is 12. The predicted octanol–water partition coefficient (Wildman–Crippen LogP) is 4.69. The molecule has 0 spiro atoms. The zero-order chi connectivity index (χ0) is 36.4. The summed E-state index contributed by atoms with van der Waals surface area (Å²) in [6.07, 6.45) is 0. The Kier molecular flexibility index (Phi) is 10.2. The fourth-order valence-corrected chi connectivity index (χ4v) is 7.00. The van der Waals surface area contributed by atoms with Gasteiger partial charge < -0.3 is 16.4 Å². The van der Waals surface area contributed by atoms with Crippen molar-refractivity contribution >= 4 is 82.4 Å². The molecule has 262 valence electrons. The van der Waals surface area contributed by atoms with Crippen molar-refractivity contribution in [3.8, 4) is 5.69 Å². The van der Waals surface area contributed by atoms with Crippen molar-refractivity contribution < 1.29 is 38.5 Å². The summed E-state index contributed by atoms with van der Waals surface area (Å²) >= 11 is 6.09. The van der Waals surface area contributed by atoms with Crippen LogP contribution in [0.3, 0.4) is 0 Å². The largest absolute Gasteiger partial charge is 0.398 e. The third-order valence-electron chi connectivity index (χ3n) is 6.56. The molecule has 5 aromatic rings. The van der Waals surface area contributed by atoms with E-state index in [4.69, 9.17) is 21.9 Å². The van der Waals surface area contributed by atoms with Crippen LogP contribution in [0.2, 0.25) is 5.28 Å². The van der Waals surface area contributed by atoms with E-state index in [0.717, 1.165) is 25.1 Å². The molecule has 0 saturated heterocycles. The summed E-state index contributed by atoms with van der Waals surface area (Å²) in [5.74, 6) is -0.0754. The normalized spacial score (nSPS) is 13.0. The molecule has 2 heterocycles. The first-order valence-corrected chi connectivity index (χ1v) is 18.5. The number of hydrogen-bond acceptors (Lipinski definition) is 16. The second-order valence-electron chi connectivity index (χ2n) is 10.1. The number of anilines is 5. The molecule has 1 unspecified atom stereocenters. The van der Waals surface area contributed by atoms with Crippen LogP contribution in [0.1, 0.15) is 12.6 Å². The van der Waals surface area contributed by atoms with Gasteiger partial charge in [0.15, 0.2) is 16.9 Å². The molecule has 19 nitrogen and oxygen atoms in total. The number of nitrogen functional groups attached to an aromatic ring is 1. The van der Waals surface area contributed by atoms with Crippen LogP contribution in [0, 0.1) is 6.92 Å². The van der Waals surface area contributed by atoms with Crippen molar-refractivity contribution in [3.05, 3.63) is 83.8 Å². The van der Waals surface area contributed by atoms with Crippen molar-refractivity contribution in [2.75, 3.05) is 16.4 Å². The van der Waals surface area contributed by atoms with E-state index in [-0.39, 0.29) is 50.6 Å². The number of benzene rings is 3. The summed E-state index contributed by atoms with van der Waals surface area (Å²) in [6.45, 7) is 2.58. The Balaban J connectivity index is 1.39. The summed E-state index contributed by atoms with van der Waals surface area (Å²) in [7, 11) is -14.1. The maximum absolute atomic E-state index is 12.6. The Morgan fingerprint density at radius 2 is 1.46 bits per heavy atom. The van der Waals surface area contributed by atoms with Gasteiger partial charge in [-0.1, -0.05) is 18.2 Å². The Labute approximate surface area is 289 Å². The van der Waals surface area contributed by atoms with Crippen LogP contribution in [-0.2, 0) is 34.5 Å². The number of azo groups is 1. The molecule has 0 aliphatic heterocycles. The van der Waals surface area contributed by atoms with Gasteiger partial charge in [0, 0.05) is 11.4 Å². The molecule has 0 amide bonds.